The molecule has 0 spiro atoms. The van der Waals surface area contributed by atoms with Crippen molar-refractivity contribution in [3.63, 3.8) is 0 Å². The second-order valence-electron chi connectivity index (χ2n) is 4.50. The number of hydrogen-bond acceptors (Lipinski definition) is 3. The van der Waals surface area contributed by atoms with Crippen molar-refractivity contribution in [2.24, 2.45) is 0 Å². The van der Waals surface area contributed by atoms with Crippen LogP contribution < -0.4 is 10.2 Å². The van der Waals surface area contributed by atoms with Crippen molar-refractivity contribution in [3.05, 3.63) is 59.4 Å². The van der Waals surface area contributed by atoms with Crippen molar-refractivity contribution in [1.29, 1.82) is 5.26 Å². The lowest BCUT2D eigenvalue weighted by atomic mass is 10.1. The van der Waals surface area contributed by atoms with Crippen LogP contribution in [0, 0.1) is 17.1 Å². The molecule has 102 valence electrons. The van der Waals surface area contributed by atoms with Gasteiger partial charge in [-0.3, -0.25) is 0 Å². The molecule has 0 unspecified atom stereocenters. The van der Waals surface area contributed by atoms with Crippen molar-refractivity contribution in [2.75, 3.05) is 19.0 Å². The maximum Gasteiger partial charge on any atom is 0.146 e. The van der Waals surface area contributed by atoms with Gasteiger partial charge >= 0.3 is 0 Å². The van der Waals surface area contributed by atoms with Gasteiger partial charge in [-0.15, -0.1) is 0 Å². The summed E-state index contributed by atoms with van der Waals surface area (Å²) in [5.74, 6) is -0.307. The summed E-state index contributed by atoms with van der Waals surface area (Å²) in [5, 5.41) is 12.3. The van der Waals surface area contributed by atoms with Crippen LogP contribution in [0.25, 0.3) is 0 Å². The van der Waals surface area contributed by atoms with Crippen LogP contribution in [0.4, 0.5) is 15.8 Å². The number of hydrogen-bond donors (Lipinski definition) is 1. The smallest absolute Gasteiger partial charge is 0.146 e. The lowest BCUT2D eigenvalue weighted by Gasteiger charge is -2.21. The van der Waals surface area contributed by atoms with Gasteiger partial charge in [0, 0.05) is 13.6 Å². The second kappa shape index (κ2) is 6.18. The van der Waals surface area contributed by atoms with Gasteiger partial charge in [0.15, 0.2) is 0 Å². The van der Waals surface area contributed by atoms with Crippen LogP contribution in [-0.4, -0.2) is 14.1 Å². The number of anilines is 2. The van der Waals surface area contributed by atoms with Gasteiger partial charge < -0.3 is 10.2 Å². The molecule has 1 N–H and O–H groups in total. The highest BCUT2D eigenvalue weighted by Crippen LogP contribution is 2.29. The molecular formula is C16H16FN3. The number of benzene rings is 2. The van der Waals surface area contributed by atoms with E-state index in [9.17, 15) is 9.65 Å². The zero-order valence-corrected chi connectivity index (χ0v) is 11.5. The molecule has 2 aromatic carbocycles. The first-order valence-electron chi connectivity index (χ1n) is 6.33. The minimum absolute atomic E-state index is 0.307. The molecule has 0 radical (unpaired) electrons. The van der Waals surface area contributed by atoms with E-state index in [-0.39, 0.29) is 5.82 Å². The van der Waals surface area contributed by atoms with E-state index in [0.29, 0.717) is 23.5 Å². The van der Waals surface area contributed by atoms with Crippen LogP contribution in [0.3, 0.4) is 0 Å². The Morgan fingerprint density at radius 2 is 1.95 bits per heavy atom. The van der Waals surface area contributed by atoms with Crippen LogP contribution in [0.2, 0.25) is 0 Å². The van der Waals surface area contributed by atoms with E-state index in [1.165, 1.54) is 6.07 Å². The van der Waals surface area contributed by atoms with Crippen LogP contribution >= 0.6 is 0 Å². The number of nitriles is 1. The van der Waals surface area contributed by atoms with E-state index in [2.05, 4.69) is 11.4 Å². The van der Waals surface area contributed by atoms with Gasteiger partial charge in [0.05, 0.1) is 16.9 Å². The quantitative estimate of drug-likeness (QED) is 0.926. The molecule has 3 nitrogen and oxygen atoms in total. The maximum absolute atomic E-state index is 13.8. The molecule has 2 rings (SSSR count). The summed E-state index contributed by atoms with van der Waals surface area (Å²) >= 11 is 0. The summed E-state index contributed by atoms with van der Waals surface area (Å²) in [6.45, 7) is 0.693. The second-order valence-corrected chi connectivity index (χ2v) is 4.50. The number of halogens is 1. The Bertz CT molecular complexity index is 646. The summed E-state index contributed by atoms with van der Waals surface area (Å²) in [4.78, 5) is 1.69. The number of nitrogens with one attached hydrogen (secondary N) is 1. The summed E-state index contributed by atoms with van der Waals surface area (Å²) in [6.07, 6.45) is 0. The molecule has 0 aromatic heterocycles. The average molecular weight is 269 g/mol. The van der Waals surface area contributed by atoms with Crippen LogP contribution in [0.15, 0.2) is 42.5 Å². The highest BCUT2D eigenvalue weighted by molar-refractivity contribution is 5.69. The maximum atomic E-state index is 13.8. The third-order valence-electron chi connectivity index (χ3n) is 3.14. The molecular weight excluding hydrogens is 253 g/mol. The molecule has 0 heterocycles. The summed E-state index contributed by atoms with van der Waals surface area (Å²) in [5.41, 5.74) is 2.70. The molecule has 2 aromatic rings. The lowest BCUT2D eigenvalue weighted by Crippen LogP contribution is -2.13. The lowest BCUT2D eigenvalue weighted by molar-refractivity contribution is 0.627. The van der Waals surface area contributed by atoms with Gasteiger partial charge in [-0.05, 0) is 36.9 Å². The Morgan fingerprint density at radius 3 is 2.60 bits per heavy atom. The van der Waals surface area contributed by atoms with Crippen molar-refractivity contribution >= 4 is 11.4 Å². The standard InChI is InChI=1S/C16H16FN3/c1-19-11-12-7-8-15(13(9-12)10-18)20(2)16-6-4-3-5-14(16)17/h3-9,19H,11H2,1-2H3. The van der Waals surface area contributed by atoms with E-state index >= 15 is 0 Å². The van der Waals surface area contributed by atoms with Crippen molar-refractivity contribution in [3.8, 4) is 6.07 Å². The van der Waals surface area contributed by atoms with E-state index in [1.807, 2.05) is 25.2 Å². The first-order chi connectivity index (χ1) is 9.67. The molecule has 4 heteroatoms. The van der Waals surface area contributed by atoms with Gasteiger partial charge in [-0.1, -0.05) is 18.2 Å². The summed E-state index contributed by atoms with van der Waals surface area (Å²) in [7, 11) is 3.61. The van der Waals surface area contributed by atoms with Gasteiger partial charge in [0.1, 0.15) is 11.9 Å². The van der Waals surface area contributed by atoms with Crippen molar-refractivity contribution in [1.82, 2.24) is 5.32 Å². The zero-order valence-electron chi connectivity index (χ0n) is 11.5. The molecule has 0 bridgehead atoms. The molecule has 0 amide bonds. The van der Waals surface area contributed by atoms with Gasteiger partial charge in [-0.2, -0.15) is 5.26 Å². The highest BCUT2D eigenvalue weighted by Gasteiger charge is 2.13. The number of nitrogens with zero attached hydrogens (tertiary/aromatic N) is 2. The summed E-state index contributed by atoms with van der Waals surface area (Å²) in [6, 6.07) is 14.3. The zero-order chi connectivity index (χ0) is 14.5. The van der Waals surface area contributed by atoms with Crippen LogP contribution in [0.1, 0.15) is 11.1 Å². The third-order valence-corrected chi connectivity index (χ3v) is 3.14. The average Bonchev–Trinajstić information content (AvgIpc) is 2.47. The van der Waals surface area contributed by atoms with E-state index < -0.39 is 0 Å². The van der Waals surface area contributed by atoms with Gasteiger partial charge in [-0.25, -0.2) is 4.39 Å². The predicted molar refractivity (Wildman–Crippen MR) is 78.4 cm³/mol. The first kappa shape index (κ1) is 14.0. The molecule has 0 fully saturated rings. The Morgan fingerprint density at radius 1 is 1.20 bits per heavy atom. The molecule has 20 heavy (non-hydrogen) atoms. The minimum Gasteiger partial charge on any atom is -0.341 e. The Balaban J connectivity index is 2.42. The molecule has 0 aliphatic rings. The normalized spacial score (nSPS) is 10.1. The first-order valence-corrected chi connectivity index (χ1v) is 6.33. The minimum atomic E-state index is -0.307. The third kappa shape index (κ3) is 2.79. The Kier molecular flexibility index (Phi) is 4.34. The molecule has 0 saturated carbocycles. The molecule has 0 aliphatic heterocycles. The highest BCUT2D eigenvalue weighted by atomic mass is 19.1. The van der Waals surface area contributed by atoms with E-state index in [0.717, 1.165) is 5.56 Å². The number of rotatable bonds is 4. The SMILES string of the molecule is CNCc1ccc(N(C)c2ccccc2F)c(C#N)c1. The molecule has 0 aliphatic carbocycles. The van der Waals surface area contributed by atoms with Crippen LogP contribution in [0.5, 0.6) is 0 Å². The number of para-hydroxylation sites is 1. The summed E-state index contributed by atoms with van der Waals surface area (Å²) < 4.78 is 13.8. The van der Waals surface area contributed by atoms with Crippen molar-refractivity contribution < 1.29 is 4.39 Å². The largest absolute Gasteiger partial charge is 0.341 e. The van der Waals surface area contributed by atoms with E-state index in [4.69, 9.17) is 0 Å². The van der Waals surface area contributed by atoms with E-state index in [1.54, 1.807) is 30.1 Å². The topological polar surface area (TPSA) is 39.1 Å². The Hall–Kier alpha value is -2.38. The fourth-order valence-corrected chi connectivity index (χ4v) is 2.13. The van der Waals surface area contributed by atoms with Gasteiger partial charge in [0.25, 0.3) is 0 Å². The van der Waals surface area contributed by atoms with Crippen molar-refractivity contribution in [2.45, 2.75) is 6.54 Å². The monoisotopic (exact) mass is 269 g/mol. The molecule has 0 atom stereocenters. The predicted octanol–water partition coefficient (Wildman–Crippen LogP) is 3.18. The fourth-order valence-electron chi connectivity index (χ4n) is 2.13. The van der Waals surface area contributed by atoms with Crippen LogP contribution in [-0.2, 0) is 6.54 Å². The fraction of sp³-hybridized carbons (Fsp3) is 0.188. The van der Waals surface area contributed by atoms with Gasteiger partial charge in [0.2, 0.25) is 0 Å². The Labute approximate surface area is 118 Å². The molecule has 0 saturated heterocycles.